The SMILES string of the molecule is CC(C)CCCC1CCC(C2CCC(c3ccc(C(F)(F)F)cc3)CC2)CC1. The van der Waals surface area contributed by atoms with Crippen LogP contribution in [0, 0.1) is 23.7 Å². The van der Waals surface area contributed by atoms with Gasteiger partial charge in [-0.1, -0.05) is 58.1 Å². The molecule has 0 saturated heterocycles. The summed E-state index contributed by atoms with van der Waals surface area (Å²) in [4.78, 5) is 0. The highest BCUT2D eigenvalue weighted by atomic mass is 19.4. The van der Waals surface area contributed by atoms with Crippen LogP contribution in [0.1, 0.15) is 102 Å². The molecule has 3 rings (SSSR count). The van der Waals surface area contributed by atoms with E-state index in [0.29, 0.717) is 5.92 Å². The van der Waals surface area contributed by atoms with Gasteiger partial charge in [-0.15, -0.1) is 0 Å². The second kappa shape index (κ2) is 9.67. The van der Waals surface area contributed by atoms with Crippen LogP contribution >= 0.6 is 0 Å². The summed E-state index contributed by atoms with van der Waals surface area (Å²) >= 11 is 0. The summed E-state index contributed by atoms with van der Waals surface area (Å²) in [5.74, 6) is 3.98. The van der Waals surface area contributed by atoms with Gasteiger partial charge in [-0.25, -0.2) is 0 Å². The molecule has 2 aliphatic rings. The van der Waals surface area contributed by atoms with Crippen molar-refractivity contribution in [2.24, 2.45) is 23.7 Å². The summed E-state index contributed by atoms with van der Waals surface area (Å²) in [6, 6.07) is 5.91. The van der Waals surface area contributed by atoms with Crippen molar-refractivity contribution in [3.05, 3.63) is 35.4 Å². The van der Waals surface area contributed by atoms with E-state index < -0.39 is 11.7 Å². The smallest absolute Gasteiger partial charge is 0.166 e. The zero-order valence-corrected chi connectivity index (χ0v) is 17.6. The minimum atomic E-state index is -4.23. The van der Waals surface area contributed by atoms with Crippen molar-refractivity contribution in [1.29, 1.82) is 0 Å². The number of benzene rings is 1. The molecule has 2 aliphatic carbocycles. The molecule has 0 heterocycles. The normalized spacial score (nSPS) is 29.2. The lowest BCUT2D eigenvalue weighted by Gasteiger charge is -2.38. The Bertz CT molecular complexity index is 571. The molecule has 0 spiro atoms. The Kier molecular flexibility index (Phi) is 7.50. The fourth-order valence-electron chi connectivity index (χ4n) is 5.63. The van der Waals surface area contributed by atoms with Crippen molar-refractivity contribution < 1.29 is 13.2 Å². The molecule has 1 aromatic rings. The standard InChI is InChI=1S/C25H37F3/c1-18(2)4-3-5-19-6-8-20(9-7-19)21-10-12-22(13-11-21)23-14-16-24(17-15-23)25(26,27)28/h14-22H,3-13H2,1-2H3. The van der Waals surface area contributed by atoms with Crippen LogP contribution in [-0.2, 0) is 6.18 Å². The Morgan fingerprint density at radius 2 is 1.36 bits per heavy atom. The van der Waals surface area contributed by atoms with Gasteiger partial charge < -0.3 is 0 Å². The summed E-state index contributed by atoms with van der Waals surface area (Å²) in [6.07, 6.45) is 10.4. The first-order valence-corrected chi connectivity index (χ1v) is 11.5. The highest BCUT2D eigenvalue weighted by Gasteiger charge is 2.32. The molecular weight excluding hydrogens is 357 g/mol. The van der Waals surface area contributed by atoms with E-state index in [-0.39, 0.29) is 0 Å². The van der Waals surface area contributed by atoms with Crippen LogP contribution in [0.15, 0.2) is 24.3 Å². The van der Waals surface area contributed by atoms with Gasteiger partial charge in [-0.3, -0.25) is 0 Å². The van der Waals surface area contributed by atoms with Gasteiger partial charge in [0.2, 0.25) is 0 Å². The van der Waals surface area contributed by atoms with Gasteiger partial charge in [-0.05, 0) is 85.8 Å². The number of alkyl halides is 3. The van der Waals surface area contributed by atoms with Crippen LogP contribution in [0.2, 0.25) is 0 Å². The predicted molar refractivity (Wildman–Crippen MR) is 110 cm³/mol. The van der Waals surface area contributed by atoms with Gasteiger partial charge >= 0.3 is 6.18 Å². The average molecular weight is 395 g/mol. The van der Waals surface area contributed by atoms with E-state index in [4.69, 9.17) is 0 Å². The Balaban J connectivity index is 1.41. The Morgan fingerprint density at radius 1 is 0.821 bits per heavy atom. The molecule has 0 atom stereocenters. The van der Waals surface area contributed by atoms with Gasteiger partial charge in [-0.2, -0.15) is 13.2 Å². The molecule has 158 valence electrons. The minimum absolute atomic E-state index is 0.450. The van der Waals surface area contributed by atoms with Crippen molar-refractivity contribution in [3.63, 3.8) is 0 Å². The molecule has 0 N–H and O–H groups in total. The molecule has 0 aromatic heterocycles. The second-order valence-electron chi connectivity index (χ2n) is 9.84. The van der Waals surface area contributed by atoms with Crippen molar-refractivity contribution in [2.75, 3.05) is 0 Å². The average Bonchev–Trinajstić information content (AvgIpc) is 2.68. The van der Waals surface area contributed by atoms with Crippen molar-refractivity contribution >= 4 is 0 Å². The zero-order valence-electron chi connectivity index (χ0n) is 17.6. The third-order valence-electron chi connectivity index (χ3n) is 7.43. The first-order chi connectivity index (χ1) is 13.3. The zero-order chi connectivity index (χ0) is 20.1. The molecule has 3 heteroatoms. The number of rotatable bonds is 6. The lowest BCUT2D eigenvalue weighted by molar-refractivity contribution is -0.137. The third kappa shape index (κ3) is 6.00. The summed E-state index contributed by atoms with van der Waals surface area (Å²) < 4.78 is 38.3. The maximum atomic E-state index is 12.8. The van der Waals surface area contributed by atoms with Crippen LogP contribution in [0.4, 0.5) is 13.2 Å². The van der Waals surface area contributed by atoms with E-state index >= 15 is 0 Å². The fourth-order valence-corrected chi connectivity index (χ4v) is 5.63. The van der Waals surface area contributed by atoms with Crippen LogP contribution in [-0.4, -0.2) is 0 Å². The van der Waals surface area contributed by atoms with E-state index in [1.54, 1.807) is 12.1 Å². The number of hydrogen-bond donors (Lipinski definition) is 0. The summed E-state index contributed by atoms with van der Waals surface area (Å²) in [5.41, 5.74) is 0.565. The van der Waals surface area contributed by atoms with Crippen molar-refractivity contribution in [1.82, 2.24) is 0 Å². The molecule has 0 aliphatic heterocycles. The Labute approximate surface area is 169 Å². The highest BCUT2D eigenvalue weighted by Crippen LogP contribution is 2.44. The Morgan fingerprint density at radius 3 is 1.86 bits per heavy atom. The summed E-state index contributed by atoms with van der Waals surface area (Å²) in [5, 5.41) is 0. The van der Waals surface area contributed by atoms with Crippen LogP contribution in [0.5, 0.6) is 0 Å². The largest absolute Gasteiger partial charge is 0.416 e. The van der Waals surface area contributed by atoms with Gasteiger partial charge in [0.05, 0.1) is 5.56 Å². The monoisotopic (exact) mass is 394 g/mol. The van der Waals surface area contributed by atoms with E-state index in [0.717, 1.165) is 42.1 Å². The van der Waals surface area contributed by atoms with E-state index in [1.165, 1.54) is 69.9 Å². The third-order valence-corrected chi connectivity index (χ3v) is 7.43. The molecular formula is C25H37F3. The Hall–Kier alpha value is -0.990. The first-order valence-electron chi connectivity index (χ1n) is 11.5. The molecule has 28 heavy (non-hydrogen) atoms. The predicted octanol–water partition coefficient (Wildman–Crippen LogP) is 8.61. The van der Waals surface area contributed by atoms with E-state index in [2.05, 4.69) is 13.8 Å². The number of hydrogen-bond acceptors (Lipinski definition) is 0. The highest BCUT2D eigenvalue weighted by molar-refractivity contribution is 5.27. The van der Waals surface area contributed by atoms with Crippen LogP contribution in [0.25, 0.3) is 0 Å². The molecule has 0 unspecified atom stereocenters. The molecule has 0 radical (unpaired) electrons. The van der Waals surface area contributed by atoms with Gasteiger partial charge in [0.1, 0.15) is 0 Å². The summed E-state index contributed by atoms with van der Waals surface area (Å²) in [7, 11) is 0. The molecule has 2 fully saturated rings. The maximum Gasteiger partial charge on any atom is 0.416 e. The van der Waals surface area contributed by atoms with Gasteiger partial charge in [0, 0.05) is 0 Å². The lowest BCUT2D eigenvalue weighted by atomic mass is 9.68. The first kappa shape index (κ1) is 21.7. The van der Waals surface area contributed by atoms with Crippen LogP contribution < -0.4 is 0 Å². The maximum absolute atomic E-state index is 12.8. The van der Waals surface area contributed by atoms with E-state index in [9.17, 15) is 13.2 Å². The number of halogens is 3. The minimum Gasteiger partial charge on any atom is -0.166 e. The lowest BCUT2D eigenvalue weighted by Crippen LogP contribution is -2.25. The molecule has 0 bridgehead atoms. The molecule has 2 saturated carbocycles. The van der Waals surface area contributed by atoms with Crippen LogP contribution in [0.3, 0.4) is 0 Å². The fraction of sp³-hybridized carbons (Fsp3) is 0.760. The molecule has 0 amide bonds. The quantitative estimate of drug-likeness (QED) is 0.453. The van der Waals surface area contributed by atoms with Gasteiger partial charge in [0.15, 0.2) is 0 Å². The van der Waals surface area contributed by atoms with E-state index in [1.807, 2.05) is 0 Å². The molecule has 1 aromatic carbocycles. The molecule has 0 nitrogen and oxygen atoms in total. The van der Waals surface area contributed by atoms with Crippen molar-refractivity contribution in [3.8, 4) is 0 Å². The topological polar surface area (TPSA) is 0 Å². The summed E-state index contributed by atoms with van der Waals surface area (Å²) in [6.45, 7) is 4.63. The van der Waals surface area contributed by atoms with Crippen molar-refractivity contribution in [2.45, 2.75) is 96.6 Å². The van der Waals surface area contributed by atoms with Gasteiger partial charge in [0.25, 0.3) is 0 Å². The second-order valence-corrected chi connectivity index (χ2v) is 9.84.